The lowest BCUT2D eigenvalue weighted by Crippen LogP contribution is -2.34. The van der Waals surface area contributed by atoms with Crippen molar-refractivity contribution in [3.8, 4) is 6.07 Å². The van der Waals surface area contributed by atoms with Gasteiger partial charge in [-0.25, -0.2) is 9.78 Å². The van der Waals surface area contributed by atoms with Gasteiger partial charge in [-0.3, -0.25) is 9.69 Å². The molecule has 8 nitrogen and oxygen atoms in total. The van der Waals surface area contributed by atoms with E-state index in [1.807, 2.05) is 49.4 Å². The fraction of sp³-hybridized carbons (Fsp3) is 0.259. The lowest BCUT2D eigenvalue weighted by Gasteiger charge is -2.20. The Kier molecular flexibility index (Phi) is 7.70. The molecule has 0 radical (unpaired) electrons. The zero-order valence-electron chi connectivity index (χ0n) is 19.6. The molecule has 2 N–H and O–H groups in total. The maximum absolute atomic E-state index is 13.2. The number of pyridine rings is 1. The van der Waals surface area contributed by atoms with E-state index in [0.717, 1.165) is 11.1 Å². The quantitative estimate of drug-likeness (QED) is 0.498. The van der Waals surface area contributed by atoms with Crippen molar-refractivity contribution in [3.63, 3.8) is 0 Å². The van der Waals surface area contributed by atoms with Gasteiger partial charge in [0.1, 0.15) is 11.9 Å². The molecule has 1 aliphatic rings. The van der Waals surface area contributed by atoms with Crippen LogP contribution < -0.4 is 15.5 Å². The Morgan fingerprint density at radius 3 is 2.49 bits per heavy atom. The topological polar surface area (TPSA) is 101 Å². The van der Waals surface area contributed by atoms with Crippen molar-refractivity contribution in [1.82, 2.24) is 15.2 Å². The van der Waals surface area contributed by atoms with Crippen LogP contribution in [0.15, 0.2) is 72.9 Å². The summed E-state index contributed by atoms with van der Waals surface area (Å²) in [7, 11) is 0. The lowest BCUT2D eigenvalue weighted by molar-refractivity contribution is -0.118. The third-order valence-electron chi connectivity index (χ3n) is 6.03. The van der Waals surface area contributed by atoms with E-state index in [-0.39, 0.29) is 11.9 Å². The smallest absolute Gasteiger partial charge is 0.323 e. The second-order valence-electron chi connectivity index (χ2n) is 8.26. The van der Waals surface area contributed by atoms with Crippen LogP contribution in [0.1, 0.15) is 29.7 Å². The average Bonchev–Trinajstić information content (AvgIpc) is 3.28. The molecule has 1 unspecified atom stereocenters. The molecule has 3 amide bonds. The van der Waals surface area contributed by atoms with Gasteiger partial charge in [0.15, 0.2) is 0 Å². The van der Waals surface area contributed by atoms with E-state index in [2.05, 4.69) is 21.7 Å². The van der Waals surface area contributed by atoms with Gasteiger partial charge in [-0.1, -0.05) is 42.5 Å². The third kappa shape index (κ3) is 5.83. The standard InChI is InChI=1S/C27H28N6O2/c1-2-32-16-17-33(27(32)35)23-12-13-24(30-19-23)31-26(34)25(22-6-4-3-5-7-22)29-15-14-20-8-10-21(18-28)11-9-20/h3-13,19,25,29H,2,14-17H2,1H3,(H,30,31,34). The number of nitriles is 1. The monoisotopic (exact) mass is 468 g/mol. The van der Waals surface area contributed by atoms with Crippen LogP contribution in [0.25, 0.3) is 0 Å². The molecule has 8 heteroatoms. The van der Waals surface area contributed by atoms with Crippen LogP contribution in [-0.2, 0) is 11.2 Å². The second kappa shape index (κ2) is 11.3. The molecule has 0 bridgehead atoms. The minimum absolute atomic E-state index is 0.0262. The highest BCUT2D eigenvalue weighted by Gasteiger charge is 2.28. The van der Waals surface area contributed by atoms with Crippen LogP contribution in [0.4, 0.5) is 16.3 Å². The molecule has 0 aliphatic carbocycles. The van der Waals surface area contributed by atoms with Crippen LogP contribution in [-0.4, -0.2) is 48.0 Å². The largest absolute Gasteiger partial charge is 0.324 e. The molecule has 1 saturated heterocycles. The number of hydrogen-bond donors (Lipinski definition) is 2. The molecule has 2 aromatic carbocycles. The van der Waals surface area contributed by atoms with Crippen molar-refractivity contribution in [2.75, 3.05) is 36.4 Å². The zero-order valence-corrected chi connectivity index (χ0v) is 19.6. The predicted octanol–water partition coefficient (Wildman–Crippen LogP) is 3.73. The molecular weight excluding hydrogens is 440 g/mol. The summed E-state index contributed by atoms with van der Waals surface area (Å²) in [4.78, 5) is 33.5. The SMILES string of the molecule is CCN1CCN(c2ccc(NC(=O)C(NCCc3ccc(C#N)cc3)c3ccccc3)nc2)C1=O. The number of aromatic nitrogens is 1. The van der Waals surface area contributed by atoms with Gasteiger partial charge in [-0.05, 0) is 48.7 Å². The van der Waals surface area contributed by atoms with E-state index in [9.17, 15) is 9.59 Å². The Hall–Kier alpha value is -4.22. The Balaban J connectivity index is 1.40. The first kappa shape index (κ1) is 23.9. The number of rotatable bonds is 9. The molecule has 1 fully saturated rings. The molecular formula is C27H28N6O2. The van der Waals surface area contributed by atoms with Gasteiger partial charge in [-0.15, -0.1) is 0 Å². The minimum Gasteiger partial charge on any atom is -0.323 e. The normalized spacial score (nSPS) is 14.0. The number of hydrogen-bond acceptors (Lipinski definition) is 5. The summed E-state index contributed by atoms with van der Waals surface area (Å²) in [6.07, 6.45) is 2.33. The third-order valence-corrected chi connectivity index (χ3v) is 6.03. The zero-order chi connectivity index (χ0) is 24.6. The second-order valence-corrected chi connectivity index (χ2v) is 8.26. The van der Waals surface area contributed by atoms with Gasteiger partial charge in [-0.2, -0.15) is 5.26 Å². The number of urea groups is 1. The summed E-state index contributed by atoms with van der Waals surface area (Å²) in [6, 6.07) is 22.0. The lowest BCUT2D eigenvalue weighted by atomic mass is 10.1. The van der Waals surface area contributed by atoms with Crippen molar-refractivity contribution in [1.29, 1.82) is 5.26 Å². The van der Waals surface area contributed by atoms with Crippen LogP contribution in [0.3, 0.4) is 0 Å². The van der Waals surface area contributed by atoms with Gasteiger partial charge in [0.25, 0.3) is 0 Å². The number of likely N-dealkylation sites (N-methyl/N-ethyl adjacent to an activating group) is 1. The number of nitrogens with zero attached hydrogens (tertiary/aromatic N) is 4. The number of carbonyl (C=O) groups excluding carboxylic acids is 2. The maximum atomic E-state index is 13.2. The van der Waals surface area contributed by atoms with Crippen LogP contribution in [0, 0.1) is 11.3 Å². The Morgan fingerprint density at radius 2 is 1.86 bits per heavy atom. The van der Waals surface area contributed by atoms with Crippen molar-refractivity contribution >= 4 is 23.4 Å². The highest BCUT2D eigenvalue weighted by Crippen LogP contribution is 2.21. The van der Waals surface area contributed by atoms with Gasteiger partial charge in [0.05, 0.1) is 23.5 Å². The molecule has 178 valence electrons. The Morgan fingerprint density at radius 1 is 1.09 bits per heavy atom. The van der Waals surface area contributed by atoms with Crippen LogP contribution in [0.2, 0.25) is 0 Å². The van der Waals surface area contributed by atoms with E-state index in [1.165, 1.54) is 0 Å². The number of carbonyl (C=O) groups is 2. The number of nitrogens with one attached hydrogen (secondary N) is 2. The van der Waals surface area contributed by atoms with Crippen molar-refractivity contribution in [2.45, 2.75) is 19.4 Å². The van der Waals surface area contributed by atoms with Gasteiger partial charge in [0.2, 0.25) is 5.91 Å². The molecule has 35 heavy (non-hydrogen) atoms. The number of benzene rings is 2. The molecule has 2 heterocycles. The molecule has 1 aromatic heterocycles. The molecule has 1 atom stereocenters. The van der Waals surface area contributed by atoms with Crippen molar-refractivity contribution < 1.29 is 9.59 Å². The summed E-state index contributed by atoms with van der Waals surface area (Å²) < 4.78 is 0. The van der Waals surface area contributed by atoms with Gasteiger partial charge < -0.3 is 15.5 Å². The van der Waals surface area contributed by atoms with Gasteiger partial charge in [0, 0.05) is 26.2 Å². The van der Waals surface area contributed by atoms with Crippen LogP contribution in [0.5, 0.6) is 0 Å². The fourth-order valence-corrected chi connectivity index (χ4v) is 4.05. The Bertz CT molecular complexity index is 1190. The average molecular weight is 469 g/mol. The molecule has 3 aromatic rings. The summed E-state index contributed by atoms with van der Waals surface area (Å²) in [5.74, 6) is 0.207. The first-order valence-corrected chi connectivity index (χ1v) is 11.7. The molecule has 1 aliphatic heterocycles. The van der Waals surface area contributed by atoms with Gasteiger partial charge >= 0.3 is 6.03 Å². The number of anilines is 2. The minimum atomic E-state index is -0.561. The highest BCUT2D eigenvalue weighted by molar-refractivity contribution is 5.96. The fourth-order valence-electron chi connectivity index (χ4n) is 4.05. The van der Waals surface area contributed by atoms with E-state index < -0.39 is 6.04 Å². The number of amides is 3. The van der Waals surface area contributed by atoms with E-state index >= 15 is 0 Å². The van der Waals surface area contributed by atoms with E-state index in [4.69, 9.17) is 5.26 Å². The van der Waals surface area contributed by atoms with Crippen molar-refractivity contribution in [2.24, 2.45) is 0 Å². The molecule has 0 saturated carbocycles. The first-order chi connectivity index (χ1) is 17.1. The Labute approximate surface area is 205 Å². The van der Waals surface area contributed by atoms with E-state index in [1.54, 1.807) is 40.3 Å². The summed E-state index contributed by atoms with van der Waals surface area (Å²) in [5, 5.41) is 15.2. The maximum Gasteiger partial charge on any atom is 0.324 e. The highest BCUT2D eigenvalue weighted by atomic mass is 16.2. The van der Waals surface area contributed by atoms with Crippen LogP contribution >= 0.6 is 0 Å². The molecule has 0 spiro atoms. The van der Waals surface area contributed by atoms with E-state index in [0.29, 0.717) is 49.7 Å². The molecule has 4 rings (SSSR count). The van der Waals surface area contributed by atoms with Crippen molar-refractivity contribution in [3.05, 3.63) is 89.6 Å². The summed E-state index contributed by atoms with van der Waals surface area (Å²) >= 11 is 0. The summed E-state index contributed by atoms with van der Waals surface area (Å²) in [6.45, 7) is 4.53. The predicted molar refractivity (Wildman–Crippen MR) is 135 cm³/mol. The first-order valence-electron chi connectivity index (χ1n) is 11.7. The summed E-state index contributed by atoms with van der Waals surface area (Å²) in [5.41, 5.74) is 3.27.